The van der Waals surface area contributed by atoms with Crippen molar-refractivity contribution in [3.8, 4) is 0 Å². The highest BCUT2D eigenvalue weighted by Gasteiger charge is 2.40. The molecule has 0 radical (unpaired) electrons. The lowest BCUT2D eigenvalue weighted by atomic mass is 9.76. The predicted octanol–water partition coefficient (Wildman–Crippen LogP) is 4.51. The number of nitrogens with one attached hydrogen (secondary N) is 1. The smallest absolute Gasteiger partial charge is 0.0872 e. The quantitative estimate of drug-likeness (QED) is 0.894. The summed E-state index contributed by atoms with van der Waals surface area (Å²) in [5.41, 5.74) is 1.34. The van der Waals surface area contributed by atoms with Gasteiger partial charge in [-0.3, -0.25) is 0 Å². The third kappa shape index (κ3) is 2.28. The van der Waals surface area contributed by atoms with Crippen molar-refractivity contribution in [2.75, 3.05) is 14.2 Å². The van der Waals surface area contributed by atoms with E-state index in [-0.39, 0.29) is 11.6 Å². The van der Waals surface area contributed by atoms with Gasteiger partial charge in [0.1, 0.15) is 0 Å². The zero-order chi connectivity index (χ0) is 14.0. The Morgan fingerprint density at radius 3 is 2.70 bits per heavy atom. The van der Waals surface area contributed by atoms with E-state index in [1.165, 1.54) is 34.9 Å². The van der Waals surface area contributed by atoms with E-state index in [2.05, 4.69) is 42.0 Å². The molecule has 1 aromatic heterocycles. The molecule has 1 heterocycles. The standard InChI is InChI=1S/C17H23NOS/c1-18-16(17(19-2)10-4-3-5-11-17)14-8-6-7-13-9-12-20-15(13)14/h6-9,12,16,18H,3-5,10-11H2,1-2H3. The van der Waals surface area contributed by atoms with Crippen LogP contribution in [-0.4, -0.2) is 19.8 Å². The first-order chi connectivity index (χ1) is 9.80. The number of fused-ring (bicyclic) bond motifs is 1. The highest BCUT2D eigenvalue weighted by molar-refractivity contribution is 7.17. The monoisotopic (exact) mass is 289 g/mol. The predicted molar refractivity (Wildman–Crippen MR) is 86.5 cm³/mol. The maximum absolute atomic E-state index is 6.05. The van der Waals surface area contributed by atoms with Gasteiger partial charge in [0.2, 0.25) is 0 Å². The molecule has 108 valence electrons. The minimum atomic E-state index is -0.0503. The summed E-state index contributed by atoms with van der Waals surface area (Å²) in [5.74, 6) is 0. The van der Waals surface area contributed by atoms with Crippen LogP contribution >= 0.6 is 11.3 Å². The van der Waals surface area contributed by atoms with Crippen LogP contribution in [0.25, 0.3) is 10.1 Å². The maximum Gasteiger partial charge on any atom is 0.0872 e. The first kappa shape index (κ1) is 14.1. The molecule has 1 saturated carbocycles. The molecule has 2 nitrogen and oxygen atoms in total. The van der Waals surface area contributed by atoms with Crippen LogP contribution in [0.15, 0.2) is 29.6 Å². The molecule has 2 aromatic rings. The molecule has 1 N–H and O–H groups in total. The Balaban J connectivity index is 2.06. The first-order valence-electron chi connectivity index (χ1n) is 7.49. The molecule has 1 aromatic carbocycles. The van der Waals surface area contributed by atoms with E-state index in [0.717, 1.165) is 12.8 Å². The van der Waals surface area contributed by atoms with Crippen LogP contribution < -0.4 is 5.32 Å². The number of hydrogen-bond donors (Lipinski definition) is 1. The molecular weight excluding hydrogens is 266 g/mol. The van der Waals surface area contributed by atoms with E-state index in [1.807, 2.05) is 18.4 Å². The minimum absolute atomic E-state index is 0.0503. The summed E-state index contributed by atoms with van der Waals surface area (Å²) in [6.45, 7) is 0. The summed E-state index contributed by atoms with van der Waals surface area (Å²) < 4.78 is 7.45. The molecule has 20 heavy (non-hydrogen) atoms. The fourth-order valence-corrected chi connectivity index (χ4v) is 4.65. The first-order valence-corrected chi connectivity index (χ1v) is 8.37. The van der Waals surface area contributed by atoms with Crippen LogP contribution in [0.4, 0.5) is 0 Å². The van der Waals surface area contributed by atoms with Gasteiger partial charge in [-0.05, 0) is 42.3 Å². The largest absolute Gasteiger partial charge is 0.376 e. The van der Waals surface area contributed by atoms with Crippen molar-refractivity contribution < 1.29 is 4.74 Å². The van der Waals surface area contributed by atoms with E-state index < -0.39 is 0 Å². The van der Waals surface area contributed by atoms with Gasteiger partial charge in [0.15, 0.2) is 0 Å². The Hall–Kier alpha value is -0.900. The molecule has 3 heteroatoms. The maximum atomic E-state index is 6.05. The third-order valence-corrected chi connectivity index (χ3v) is 5.72. The summed E-state index contributed by atoms with van der Waals surface area (Å²) in [4.78, 5) is 0. The van der Waals surface area contributed by atoms with Crippen molar-refractivity contribution in [1.82, 2.24) is 5.32 Å². The number of methoxy groups -OCH3 is 1. The summed E-state index contributed by atoms with van der Waals surface area (Å²) in [7, 11) is 3.94. The number of thiophene rings is 1. The van der Waals surface area contributed by atoms with Crippen LogP contribution in [-0.2, 0) is 4.74 Å². The molecule has 0 saturated heterocycles. The van der Waals surface area contributed by atoms with E-state index in [9.17, 15) is 0 Å². The number of rotatable bonds is 4. The highest BCUT2D eigenvalue weighted by Crippen LogP contribution is 2.43. The molecule has 0 aliphatic heterocycles. The van der Waals surface area contributed by atoms with Gasteiger partial charge in [-0.25, -0.2) is 0 Å². The van der Waals surface area contributed by atoms with Gasteiger partial charge in [0, 0.05) is 11.8 Å². The summed E-state index contributed by atoms with van der Waals surface area (Å²) in [6, 6.07) is 9.10. The van der Waals surface area contributed by atoms with Gasteiger partial charge in [0.25, 0.3) is 0 Å². The van der Waals surface area contributed by atoms with Gasteiger partial charge in [0.05, 0.1) is 11.6 Å². The number of benzene rings is 1. The topological polar surface area (TPSA) is 21.3 Å². The van der Waals surface area contributed by atoms with Crippen LogP contribution in [0.5, 0.6) is 0 Å². The number of ether oxygens (including phenoxy) is 1. The third-order valence-electron chi connectivity index (χ3n) is 4.74. The SMILES string of the molecule is CNC(c1cccc2ccsc12)C1(OC)CCCCC1. The fraction of sp³-hybridized carbons (Fsp3) is 0.529. The lowest BCUT2D eigenvalue weighted by Crippen LogP contribution is -2.46. The van der Waals surface area contributed by atoms with Crippen LogP contribution in [0.1, 0.15) is 43.7 Å². The van der Waals surface area contributed by atoms with Crippen molar-refractivity contribution in [3.63, 3.8) is 0 Å². The van der Waals surface area contributed by atoms with Crippen molar-refractivity contribution in [2.45, 2.75) is 43.7 Å². The van der Waals surface area contributed by atoms with Crippen molar-refractivity contribution in [3.05, 3.63) is 35.2 Å². The average molecular weight is 289 g/mol. The van der Waals surface area contributed by atoms with Gasteiger partial charge in [-0.15, -0.1) is 11.3 Å². The lowest BCUT2D eigenvalue weighted by molar-refractivity contribution is -0.0667. The van der Waals surface area contributed by atoms with Gasteiger partial charge in [-0.1, -0.05) is 37.5 Å². The van der Waals surface area contributed by atoms with E-state index in [1.54, 1.807) is 0 Å². The van der Waals surface area contributed by atoms with E-state index >= 15 is 0 Å². The molecule has 0 amide bonds. The van der Waals surface area contributed by atoms with Crippen LogP contribution in [0.3, 0.4) is 0 Å². The Labute approximate surface area is 125 Å². The molecule has 0 spiro atoms. The Morgan fingerprint density at radius 2 is 2.00 bits per heavy atom. The van der Waals surface area contributed by atoms with E-state index in [4.69, 9.17) is 4.74 Å². The van der Waals surface area contributed by atoms with E-state index in [0.29, 0.717) is 0 Å². The highest BCUT2D eigenvalue weighted by atomic mass is 32.1. The van der Waals surface area contributed by atoms with Gasteiger partial charge in [-0.2, -0.15) is 0 Å². The van der Waals surface area contributed by atoms with Crippen molar-refractivity contribution >= 4 is 21.4 Å². The normalized spacial score (nSPS) is 20.1. The lowest BCUT2D eigenvalue weighted by Gasteiger charge is -2.42. The Morgan fingerprint density at radius 1 is 1.20 bits per heavy atom. The molecule has 1 fully saturated rings. The summed E-state index contributed by atoms with van der Waals surface area (Å²) >= 11 is 1.84. The molecule has 1 atom stereocenters. The molecular formula is C17H23NOS. The fourth-order valence-electron chi connectivity index (χ4n) is 3.71. The van der Waals surface area contributed by atoms with Gasteiger partial charge < -0.3 is 10.1 Å². The second kappa shape index (κ2) is 5.84. The average Bonchev–Trinajstić information content (AvgIpc) is 2.98. The minimum Gasteiger partial charge on any atom is -0.376 e. The Bertz CT molecular complexity index is 571. The second-order valence-electron chi connectivity index (χ2n) is 5.74. The molecule has 3 rings (SSSR count). The molecule has 0 bridgehead atoms. The van der Waals surface area contributed by atoms with Crippen LogP contribution in [0.2, 0.25) is 0 Å². The van der Waals surface area contributed by atoms with Crippen molar-refractivity contribution in [1.29, 1.82) is 0 Å². The molecule has 1 unspecified atom stereocenters. The molecule has 1 aliphatic carbocycles. The van der Waals surface area contributed by atoms with Crippen LogP contribution in [0, 0.1) is 0 Å². The zero-order valence-corrected chi connectivity index (χ0v) is 13.1. The number of likely N-dealkylation sites (N-methyl/N-ethyl adjacent to an activating group) is 1. The number of hydrogen-bond acceptors (Lipinski definition) is 3. The van der Waals surface area contributed by atoms with Gasteiger partial charge >= 0.3 is 0 Å². The van der Waals surface area contributed by atoms with Crippen molar-refractivity contribution in [2.24, 2.45) is 0 Å². The summed E-state index contributed by atoms with van der Waals surface area (Å²) in [5, 5.41) is 7.07. The Kier molecular flexibility index (Phi) is 4.11. The molecule has 1 aliphatic rings. The summed E-state index contributed by atoms with van der Waals surface area (Å²) in [6.07, 6.45) is 6.18. The zero-order valence-electron chi connectivity index (χ0n) is 12.3. The second-order valence-corrected chi connectivity index (χ2v) is 6.65.